The molecule has 2 unspecified atom stereocenters. The van der Waals surface area contributed by atoms with Crippen LogP contribution in [0.1, 0.15) is 33.6 Å². The minimum atomic E-state index is -3.39. The van der Waals surface area contributed by atoms with Gasteiger partial charge >= 0.3 is 0 Å². The van der Waals surface area contributed by atoms with Crippen molar-refractivity contribution in [2.24, 2.45) is 0 Å². The highest BCUT2D eigenvalue weighted by Crippen LogP contribution is 1.99. The molecule has 0 radical (unpaired) electrons. The van der Waals surface area contributed by atoms with Crippen LogP contribution in [0.4, 0.5) is 0 Å². The lowest BCUT2D eigenvalue weighted by Crippen LogP contribution is -2.46. The monoisotopic (exact) mass is 280 g/mol. The summed E-state index contributed by atoms with van der Waals surface area (Å²) in [6, 6.07) is -0.777. The molecule has 6 nitrogen and oxygen atoms in total. The van der Waals surface area contributed by atoms with E-state index in [2.05, 4.69) is 4.72 Å². The third-order valence-corrected chi connectivity index (χ3v) is 4.12. The van der Waals surface area contributed by atoms with Crippen LogP contribution in [0.5, 0.6) is 0 Å². The predicted molar refractivity (Wildman–Crippen MR) is 70.6 cm³/mol. The van der Waals surface area contributed by atoms with Crippen molar-refractivity contribution in [3.63, 3.8) is 0 Å². The van der Waals surface area contributed by atoms with Crippen LogP contribution < -0.4 is 4.72 Å². The molecule has 0 aliphatic carbocycles. The van der Waals surface area contributed by atoms with Gasteiger partial charge in [-0.25, -0.2) is 13.1 Å². The Balaban J connectivity index is 4.33. The first-order chi connectivity index (χ1) is 8.19. The van der Waals surface area contributed by atoms with Crippen LogP contribution >= 0.6 is 0 Å². The van der Waals surface area contributed by atoms with Crippen molar-refractivity contribution in [3.05, 3.63) is 0 Å². The van der Waals surface area contributed by atoms with E-state index in [0.29, 0.717) is 19.4 Å². The molecule has 0 aliphatic rings. The van der Waals surface area contributed by atoms with Gasteiger partial charge in [0.1, 0.15) is 0 Å². The molecule has 0 aliphatic heterocycles. The van der Waals surface area contributed by atoms with E-state index in [0.717, 1.165) is 0 Å². The summed E-state index contributed by atoms with van der Waals surface area (Å²) in [5.74, 6) is -0.280. The number of sulfonamides is 1. The molecule has 0 aromatic rings. The summed E-state index contributed by atoms with van der Waals surface area (Å²) >= 11 is 0. The fourth-order valence-corrected chi connectivity index (χ4v) is 2.76. The van der Waals surface area contributed by atoms with E-state index < -0.39 is 22.2 Å². The van der Waals surface area contributed by atoms with Crippen LogP contribution in [0.2, 0.25) is 0 Å². The SMILES string of the molecule is CCCS(=O)(=O)NC(C)C(=O)N(C)CCC(C)O. The normalized spacial score (nSPS) is 15.2. The van der Waals surface area contributed by atoms with Crippen LogP contribution in [0.25, 0.3) is 0 Å². The Morgan fingerprint density at radius 2 is 1.94 bits per heavy atom. The fraction of sp³-hybridized carbons (Fsp3) is 0.909. The lowest BCUT2D eigenvalue weighted by Gasteiger charge is -2.22. The van der Waals surface area contributed by atoms with Gasteiger partial charge in [-0.15, -0.1) is 0 Å². The molecule has 0 saturated heterocycles. The summed E-state index contributed by atoms with van der Waals surface area (Å²) in [6.07, 6.45) is 0.498. The number of hydrogen-bond acceptors (Lipinski definition) is 4. The van der Waals surface area contributed by atoms with Crippen LogP contribution in [0.15, 0.2) is 0 Å². The van der Waals surface area contributed by atoms with Gasteiger partial charge in [0, 0.05) is 13.6 Å². The molecule has 2 atom stereocenters. The third-order valence-electron chi connectivity index (χ3n) is 2.46. The quantitative estimate of drug-likeness (QED) is 0.652. The van der Waals surface area contributed by atoms with Crippen molar-refractivity contribution in [2.45, 2.75) is 45.8 Å². The van der Waals surface area contributed by atoms with E-state index in [1.54, 1.807) is 20.9 Å². The zero-order chi connectivity index (χ0) is 14.3. The largest absolute Gasteiger partial charge is 0.393 e. The average molecular weight is 280 g/mol. The van der Waals surface area contributed by atoms with Crippen molar-refractivity contribution in [1.29, 1.82) is 0 Å². The number of hydrogen-bond donors (Lipinski definition) is 2. The second-order valence-electron chi connectivity index (χ2n) is 4.56. The zero-order valence-electron chi connectivity index (χ0n) is 11.5. The number of aliphatic hydroxyl groups excluding tert-OH is 1. The molecule has 7 heteroatoms. The molecule has 0 fully saturated rings. The molecule has 0 saturated carbocycles. The topological polar surface area (TPSA) is 86.7 Å². The first-order valence-corrected chi connectivity index (χ1v) is 7.78. The standard InChI is InChI=1S/C11H24N2O4S/c1-5-8-18(16,17)12-10(3)11(15)13(4)7-6-9(2)14/h9-10,12,14H,5-8H2,1-4H3. The van der Waals surface area contributed by atoms with Gasteiger partial charge in [-0.2, -0.15) is 0 Å². The smallest absolute Gasteiger partial charge is 0.240 e. The second-order valence-corrected chi connectivity index (χ2v) is 6.43. The summed E-state index contributed by atoms with van der Waals surface area (Å²) < 4.78 is 25.4. The highest BCUT2D eigenvalue weighted by atomic mass is 32.2. The van der Waals surface area contributed by atoms with Crippen molar-refractivity contribution in [3.8, 4) is 0 Å². The van der Waals surface area contributed by atoms with Gasteiger partial charge in [-0.05, 0) is 26.7 Å². The summed E-state index contributed by atoms with van der Waals surface area (Å²) in [5.41, 5.74) is 0. The van der Waals surface area contributed by atoms with E-state index in [1.165, 1.54) is 11.8 Å². The number of aliphatic hydroxyl groups is 1. The van der Waals surface area contributed by atoms with Gasteiger partial charge in [-0.3, -0.25) is 4.79 Å². The number of likely N-dealkylation sites (N-methyl/N-ethyl adjacent to an activating group) is 1. The molecule has 0 bridgehead atoms. The Morgan fingerprint density at radius 1 is 1.39 bits per heavy atom. The molecule has 0 rings (SSSR count). The zero-order valence-corrected chi connectivity index (χ0v) is 12.3. The molecule has 1 amide bonds. The molecule has 18 heavy (non-hydrogen) atoms. The van der Waals surface area contributed by atoms with Crippen molar-refractivity contribution in [2.75, 3.05) is 19.3 Å². The maximum atomic E-state index is 11.9. The highest BCUT2D eigenvalue weighted by molar-refractivity contribution is 7.89. The number of nitrogens with zero attached hydrogens (tertiary/aromatic N) is 1. The van der Waals surface area contributed by atoms with Crippen LogP contribution in [0.3, 0.4) is 0 Å². The van der Waals surface area contributed by atoms with E-state index in [1.807, 2.05) is 0 Å². The molecule has 0 aromatic carbocycles. The second kappa shape index (κ2) is 7.70. The van der Waals surface area contributed by atoms with Gasteiger partial charge in [-0.1, -0.05) is 6.92 Å². The average Bonchev–Trinajstić information content (AvgIpc) is 2.23. The van der Waals surface area contributed by atoms with Crippen molar-refractivity contribution in [1.82, 2.24) is 9.62 Å². The summed E-state index contributed by atoms with van der Waals surface area (Å²) in [5, 5.41) is 9.13. The van der Waals surface area contributed by atoms with Crippen LogP contribution in [-0.4, -0.2) is 55.8 Å². The molecule has 0 heterocycles. The minimum absolute atomic E-state index is 0.0159. The first kappa shape index (κ1) is 17.3. The maximum absolute atomic E-state index is 11.9. The van der Waals surface area contributed by atoms with Crippen molar-refractivity contribution < 1.29 is 18.3 Å². The van der Waals surface area contributed by atoms with E-state index >= 15 is 0 Å². The summed E-state index contributed by atoms with van der Waals surface area (Å²) in [4.78, 5) is 13.3. The number of rotatable bonds is 8. The lowest BCUT2D eigenvalue weighted by atomic mass is 10.2. The predicted octanol–water partition coefficient (Wildman–Crippen LogP) is -0.0664. The van der Waals surface area contributed by atoms with Gasteiger partial charge in [0.15, 0.2) is 0 Å². The Kier molecular flexibility index (Phi) is 7.42. The van der Waals surface area contributed by atoms with Gasteiger partial charge in [0.05, 0.1) is 17.9 Å². The van der Waals surface area contributed by atoms with Crippen LogP contribution in [0, 0.1) is 0 Å². The number of carbonyl (C=O) groups excluding carboxylic acids is 1. The Morgan fingerprint density at radius 3 is 2.39 bits per heavy atom. The Hall–Kier alpha value is -0.660. The molecule has 0 aromatic heterocycles. The number of nitrogens with one attached hydrogen (secondary N) is 1. The first-order valence-electron chi connectivity index (χ1n) is 6.12. The van der Waals surface area contributed by atoms with E-state index in [4.69, 9.17) is 5.11 Å². The lowest BCUT2D eigenvalue weighted by molar-refractivity contribution is -0.131. The van der Waals surface area contributed by atoms with E-state index in [-0.39, 0.29) is 11.7 Å². The summed E-state index contributed by atoms with van der Waals surface area (Å²) in [6.45, 7) is 5.33. The maximum Gasteiger partial charge on any atom is 0.240 e. The highest BCUT2D eigenvalue weighted by Gasteiger charge is 2.22. The number of carbonyl (C=O) groups is 1. The van der Waals surface area contributed by atoms with Gasteiger partial charge < -0.3 is 10.0 Å². The molecular weight excluding hydrogens is 256 g/mol. The summed E-state index contributed by atoms with van der Waals surface area (Å²) in [7, 11) is -1.79. The minimum Gasteiger partial charge on any atom is -0.393 e. The Bertz CT molecular complexity index is 354. The van der Waals surface area contributed by atoms with Gasteiger partial charge in [0.25, 0.3) is 0 Å². The van der Waals surface area contributed by atoms with Gasteiger partial charge in [0.2, 0.25) is 15.9 Å². The molecule has 0 spiro atoms. The van der Waals surface area contributed by atoms with Crippen LogP contribution in [-0.2, 0) is 14.8 Å². The molecule has 108 valence electrons. The fourth-order valence-electron chi connectivity index (χ4n) is 1.47. The molecule has 2 N–H and O–H groups in total. The molecular formula is C11H24N2O4S. The third kappa shape index (κ3) is 6.93. The Labute approximate surface area is 109 Å². The van der Waals surface area contributed by atoms with Crippen molar-refractivity contribution >= 4 is 15.9 Å². The number of amides is 1. The van der Waals surface area contributed by atoms with E-state index in [9.17, 15) is 13.2 Å².